The van der Waals surface area contributed by atoms with E-state index in [0.717, 1.165) is 28.0 Å². The average molecular weight is 340 g/mol. The van der Waals surface area contributed by atoms with Crippen LogP contribution in [0, 0.1) is 0 Å². The Hall–Kier alpha value is -2.59. The van der Waals surface area contributed by atoms with Gasteiger partial charge in [-0.25, -0.2) is 0 Å². The molecule has 0 saturated heterocycles. The number of benzene rings is 2. The van der Waals surface area contributed by atoms with Crippen molar-refractivity contribution in [2.75, 3.05) is 0 Å². The number of aliphatic imine (C=N–C) groups is 1. The number of nitrogens with two attached hydrogens (primary N) is 1. The third-order valence-electron chi connectivity index (χ3n) is 3.44. The largest absolute Gasteiger partial charge is 0.457 e. The van der Waals surface area contributed by atoms with Gasteiger partial charge in [-0.3, -0.25) is 9.98 Å². The monoisotopic (exact) mass is 339 g/mol. The quantitative estimate of drug-likeness (QED) is 0.549. The summed E-state index contributed by atoms with van der Waals surface area (Å²) in [4.78, 5) is 8.66. The minimum Gasteiger partial charge on any atom is -0.457 e. The topological polar surface area (TPSA) is 60.5 Å². The van der Waals surface area contributed by atoms with E-state index < -0.39 is 0 Å². The minimum absolute atomic E-state index is 0.163. The molecule has 4 nitrogen and oxygen atoms in total. The van der Waals surface area contributed by atoms with Crippen LogP contribution in [-0.4, -0.2) is 16.9 Å². The Balaban J connectivity index is 1.87. The molecule has 1 aromatic heterocycles. The van der Waals surface area contributed by atoms with Gasteiger partial charge in [-0.05, 0) is 62.4 Å². The molecule has 0 fully saturated rings. The van der Waals surface area contributed by atoms with E-state index >= 15 is 0 Å². The fourth-order valence-corrected chi connectivity index (χ4v) is 2.52. The summed E-state index contributed by atoms with van der Waals surface area (Å²) in [5.41, 5.74) is 7.65. The predicted molar refractivity (Wildman–Crippen MR) is 99.1 cm³/mol. The first-order valence-corrected chi connectivity index (χ1v) is 8.06. The molecule has 0 spiro atoms. The highest BCUT2D eigenvalue weighted by atomic mass is 35.5. The van der Waals surface area contributed by atoms with Crippen LogP contribution in [0.1, 0.15) is 19.4 Å². The van der Waals surface area contributed by atoms with Crippen molar-refractivity contribution < 1.29 is 4.74 Å². The lowest BCUT2D eigenvalue weighted by atomic mass is 10.2. The van der Waals surface area contributed by atoms with E-state index in [1.54, 1.807) is 6.20 Å². The standard InChI is InChI=1S/C19H18ClN3O/c1-12(2)23-19(21)13-3-6-15(7-4-13)24-18-9-10-22-17-11-14(20)5-8-16(17)18/h3-12H,1-2H3,(H2,21,23). The number of ether oxygens (including phenoxy) is 1. The van der Waals surface area contributed by atoms with E-state index in [1.807, 2.05) is 62.4 Å². The zero-order chi connectivity index (χ0) is 17.1. The third-order valence-corrected chi connectivity index (χ3v) is 3.68. The molecule has 0 aliphatic carbocycles. The van der Waals surface area contributed by atoms with Crippen molar-refractivity contribution in [3.63, 3.8) is 0 Å². The number of hydrogen-bond donors (Lipinski definition) is 1. The molecule has 5 heteroatoms. The van der Waals surface area contributed by atoms with Crippen LogP contribution in [0.5, 0.6) is 11.5 Å². The molecule has 24 heavy (non-hydrogen) atoms. The predicted octanol–water partition coefficient (Wildman–Crippen LogP) is 4.79. The average Bonchev–Trinajstić information content (AvgIpc) is 2.55. The number of nitrogens with zero attached hydrogens (tertiary/aromatic N) is 2. The van der Waals surface area contributed by atoms with Crippen molar-refractivity contribution in [3.05, 3.63) is 65.3 Å². The molecule has 0 unspecified atom stereocenters. The Morgan fingerprint density at radius 2 is 1.88 bits per heavy atom. The van der Waals surface area contributed by atoms with Crippen molar-refractivity contribution in [1.29, 1.82) is 0 Å². The van der Waals surface area contributed by atoms with E-state index in [2.05, 4.69) is 9.98 Å². The maximum absolute atomic E-state index is 6.01. The van der Waals surface area contributed by atoms with Gasteiger partial charge >= 0.3 is 0 Å². The van der Waals surface area contributed by atoms with E-state index in [9.17, 15) is 0 Å². The van der Waals surface area contributed by atoms with Crippen LogP contribution in [0.15, 0.2) is 59.7 Å². The molecule has 1 heterocycles. The maximum Gasteiger partial charge on any atom is 0.138 e. The van der Waals surface area contributed by atoms with Gasteiger partial charge in [-0.1, -0.05) is 11.6 Å². The van der Waals surface area contributed by atoms with E-state index in [1.165, 1.54) is 0 Å². The highest BCUT2D eigenvalue weighted by molar-refractivity contribution is 6.31. The van der Waals surface area contributed by atoms with E-state index in [4.69, 9.17) is 22.1 Å². The first-order chi connectivity index (χ1) is 11.5. The summed E-state index contributed by atoms with van der Waals surface area (Å²) < 4.78 is 5.98. The molecular formula is C19H18ClN3O. The summed E-state index contributed by atoms with van der Waals surface area (Å²) in [5.74, 6) is 1.98. The lowest BCUT2D eigenvalue weighted by molar-refractivity contribution is 0.488. The van der Waals surface area contributed by atoms with Crippen molar-refractivity contribution in [2.24, 2.45) is 10.7 Å². The number of halogens is 1. The summed E-state index contributed by atoms with van der Waals surface area (Å²) in [6.07, 6.45) is 1.70. The van der Waals surface area contributed by atoms with Crippen molar-refractivity contribution in [3.8, 4) is 11.5 Å². The first kappa shape index (κ1) is 16.3. The van der Waals surface area contributed by atoms with Crippen LogP contribution in [0.3, 0.4) is 0 Å². The smallest absolute Gasteiger partial charge is 0.138 e. The second-order valence-electron chi connectivity index (χ2n) is 5.71. The zero-order valence-corrected chi connectivity index (χ0v) is 14.3. The van der Waals surface area contributed by atoms with Gasteiger partial charge in [-0.2, -0.15) is 0 Å². The number of aromatic nitrogens is 1. The van der Waals surface area contributed by atoms with Crippen LogP contribution in [0.25, 0.3) is 10.9 Å². The van der Waals surface area contributed by atoms with Gasteiger partial charge in [-0.15, -0.1) is 0 Å². The molecule has 0 aliphatic rings. The Labute approximate surface area is 146 Å². The SMILES string of the molecule is CC(C)N=C(N)c1ccc(Oc2ccnc3cc(Cl)ccc23)cc1. The fraction of sp³-hybridized carbons (Fsp3) is 0.158. The Morgan fingerprint density at radius 3 is 2.58 bits per heavy atom. The molecule has 3 aromatic rings. The van der Waals surface area contributed by atoms with Crippen LogP contribution < -0.4 is 10.5 Å². The highest BCUT2D eigenvalue weighted by Crippen LogP contribution is 2.30. The Bertz CT molecular complexity index is 889. The molecule has 0 bridgehead atoms. The molecule has 122 valence electrons. The third kappa shape index (κ3) is 3.66. The van der Waals surface area contributed by atoms with Gasteiger partial charge in [0.05, 0.1) is 5.52 Å². The van der Waals surface area contributed by atoms with Gasteiger partial charge in [0.15, 0.2) is 0 Å². The minimum atomic E-state index is 0.163. The molecule has 2 N–H and O–H groups in total. The molecule has 2 aromatic carbocycles. The maximum atomic E-state index is 6.01. The molecule has 0 atom stereocenters. The summed E-state index contributed by atoms with van der Waals surface area (Å²) in [7, 11) is 0. The van der Waals surface area contributed by atoms with Crippen molar-refractivity contribution in [2.45, 2.75) is 19.9 Å². The van der Waals surface area contributed by atoms with Crippen LogP contribution in [-0.2, 0) is 0 Å². The van der Waals surface area contributed by atoms with Crippen LogP contribution in [0.2, 0.25) is 5.02 Å². The fourth-order valence-electron chi connectivity index (χ4n) is 2.36. The number of rotatable bonds is 4. The van der Waals surface area contributed by atoms with Crippen molar-refractivity contribution in [1.82, 2.24) is 4.98 Å². The Kier molecular flexibility index (Phi) is 4.67. The molecule has 0 radical (unpaired) electrons. The molecular weight excluding hydrogens is 322 g/mol. The normalized spacial score (nSPS) is 11.9. The van der Waals surface area contributed by atoms with Crippen LogP contribution >= 0.6 is 11.6 Å². The summed E-state index contributed by atoms with van der Waals surface area (Å²) in [5, 5.41) is 1.56. The van der Waals surface area contributed by atoms with Gasteiger partial charge in [0.2, 0.25) is 0 Å². The summed E-state index contributed by atoms with van der Waals surface area (Å²) in [6, 6.07) is 15.1. The number of pyridine rings is 1. The summed E-state index contributed by atoms with van der Waals surface area (Å²) >= 11 is 6.01. The van der Waals surface area contributed by atoms with Gasteiger partial charge in [0.25, 0.3) is 0 Å². The number of hydrogen-bond acceptors (Lipinski definition) is 3. The molecule has 0 saturated carbocycles. The number of fused-ring (bicyclic) bond motifs is 1. The molecule has 3 rings (SSSR count). The lowest BCUT2D eigenvalue weighted by Gasteiger charge is -2.10. The second-order valence-corrected chi connectivity index (χ2v) is 6.14. The molecule has 0 aliphatic heterocycles. The summed E-state index contributed by atoms with van der Waals surface area (Å²) in [6.45, 7) is 3.98. The van der Waals surface area contributed by atoms with E-state index in [0.29, 0.717) is 10.9 Å². The Morgan fingerprint density at radius 1 is 1.12 bits per heavy atom. The second kappa shape index (κ2) is 6.89. The van der Waals surface area contributed by atoms with Gasteiger partial charge in [0.1, 0.15) is 17.3 Å². The van der Waals surface area contributed by atoms with Crippen LogP contribution in [0.4, 0.5) is 0 Å². The first-order valence-electron chi connectivity index (χ1n) is 7.69. The van der Waals surface area contributed by atoms with E-state index in [-0.39, 0.29) is 6.04 Å². The van der Waals surface area contributed by atoms with Gasteiger partial charge < -0.3 is 10.5 Å². The van der Waals surface area contributed by atoms with Crippen molar-refractivity contribution >= 4 is 28.3 Å². The lowest BCUT2D eigenvalue weighted by Crippen LogP contribution is -2.15. The number of amidine groups is 1. The highest BCUT2D eigenvalue weighted by Gasteiger charge is 2.06. The molecule has 0 amide bonds. The zero-order valence-electron chi connectivity index (χ0n) is 13.5. The van der Waals surface area contributed by atoms with Gasteiger partial charge in [0, 0.05) is 28.2 Å².